The molecule has 150 valence electrons. The van der Waals surface area contributed by atoms with Crippen LogP contribution in [0.4, 0.5) is 11.5 Å². The van der Waals surface area contributed by atoms with E-state index in [1.807, 2.05) is 66.7 Å². The molecule has 0 saturated heterocycles. The van der Waals surface area contributed by atoms with Gasteiger partial charge in [-0.15, -0.1) is 15.3 Å². The van der Waals surface area contributed by atoms with E-state index in [1.165, 1.54) is 0 Å². The van der Waals surface area contributed by atoms with Crippen molar-refractivity contribution >= 4 is 22.3 Å². The zero-order valence-electron chi connectivity index (χ0n) is 16.1. The second-order valence-electron chi connectivity index (χ2n) is 6.94. The van der Waals surface area contributed by atoms with Gasteiger partial charge in [0.2, 0.25) is 6.79 Å². The lowest BCUT2D eigenvalue weighted by atomic mass is 10.0. The monoisotopic (exact) mass is 409 g/mol. The third-order valence-electron chi connectivity index (χ3n) is 5.08. The van der Waals surface area contributed by atoms with Crippen molar-refractivity contribution in [3.8, 4) is 28.4 Å². The van der Waals surface area contributed by atoms with Crippen LogP contribution < -0.4 is 14.8 Å². The summed E-state index contributed by atoms with van der Waals surface area (Å²) >= 11 is 0. The summed E-state index contributed by atoms with van der Waals surface area (Å²) in [4.78, 5) is 0. The predicted molar refractivity (Wildman–Crippen MR) is 114 cm³/mol. The summed E-state index contributed by atoms with van der Waals surface area (Å²) in [6, 6.07) is 21.6. The van der Waals surface area contributed by atoms with Crippen LogP contribution in [0.25, 0.3) is 27.7 Å². The van der Waals surface area contributed by atoms with Crippen LogP contribution in [-0.2, 0) is 0 Å². The molecule has 3 aromatic carbocycles. The van der Waals surface area contributed by atoms with Crippen molar-refractivity contribution in [1.29, 1.82) is 0 Å². The van der Waals surface area contributed by atoms with E-state index in [1.54, 1.807) is 11.0 Å². The van der Waals surface area contributed by atoms with E-state index in [2.05, 4.69) is 31.0 Å². The van der Waals surface area contributed by atoms with Gasteiger partial charge in [-0.2, -0.15) is 0 Å². The maximum atomic E-state index is 5.47. The third-order valence-corrected chi connectivity index (χ3v) is 5.08. The molecule has 1 N–H and O–H groups in total. The van der Waals surface area contributed by atoms with Gasteiger partial charge in [0.25, 0.3) is 0 Å². The molecule has 9 heteroatoms. The Morgan fingerprint density at radius 1 is 0.839 bits per heavy atom. The summed E-state index contributed by atoms with van der Waals surface area (Å²) < 4.78 is 12.4. The van der Waals surface area contributed by atoms with E-state index in [0.29, 0.717) is 11.6 Å². The molecular weight excluding hydrogens is 394 g/mol. The zero-order valence-corrected chi connectivity index (χ0v) is 16.1. The van der Waals surface area contributed by atoms with Gasteiger partial charge in [0.1, 0.15) is 12.0 Å². The van der Waals surface area contributed by atoms with Crippen LogP contribution in [0.5, 0.6) is 11.5 Å². The first-order valence-corrected chi connectivity index (χ1v) is 9.61. The minimum absolute atomic E-state index is 0.239. The van der Waals surface area contributed by atoms with E-state index in [0.717, 1.165) is 39.2 Å². The SMILES string of the molecule is c1ccc2c(-c3ccc(-n4cnnn4)cc3)nnc(Nc3ccc4c(c3)OCO4)c2c1. The molecule has 31 heavy (non-hydrogen) atoms. The summed E-state index contributed by atoms with van der Waals surface area (Å²) in [6.07, 6.45) is 1.56. The number of aromatic nitrogens is 6. The van der Waals surface area contributed by atoms with E-state index in [-0.39, 0.29) is 6.79 Å². The molecule has 3 heterocycles. The zero-order chi connectivity index (χ0) is 20.6. The maximum absolute atomic E-state index is 5.47. The lowest BCUT2D eigenvalue weighted by Crippen LogP contribution is -2.00. The summed E-state index contributed by atoms with van der Waals surface area (Å²) in [6.45, 7) is 0.239. The number of nitrogens with zero attached hydrogens (tertiary/aromatic N) is 6. The molecular formula is C22H15N7O2. The molecule has 0 fully saturated rings. The van der Waals surface area contributed by atoms with Crippen LogP contribution >= 0.6 is 0 Å². The number of hydrogen-bond donors (Lipinski definition) is 1. The number of anilines is 2. The Hall–Kier alpha value is -4.53. The Morgan fingerprint density at radius 2 is 1.68 bits per heavy atom. The molecule has 1 aliphatic heterocycles. The molecule has 0 unspecified atom stereocenters. The molecule has 0 amide bonds. The van der Waals surface area contributed by atoms with Crippen LogP contribution in [0.2, 0.25) is 0 Å². The van der Waals surface area contributed by atoms with Gasteiger partial charge in [-0.1, -0.05) is 36.4 Å². The van der Waals surface area contributed by atoms with Gasteiger partial charge in [0.05, 0.1) is 5.69 Å². The van der Waals surface area contributed by atoms with Gasteiger partial charge in [-0.25, -0.2) is 4.68 Å². The van der Waals surface area contributed by atoms with Gasteiger partial charge < -0.3 is 14.8 Å². The van der Waals surface area contributed by atoms with Crippen molar-refractivity contribution in [2.45, 2.75) is 0 Å². The van der Waals surface area contributed by atoms with Crippen molar-refractivity contribution < 1.29 is 9.47 Å². The first-order valence-electron chi connectivity index (χ1n) is 9.61. The average molecular weight is 409 g/mol. The largest absolute Gasteiger partial charge is 0.454 e. The number of hydrogen-bond acceptors (Lipinski definition) is 8. The standard InChI is InChI=1S/C22H15N7O2/c1-2-4-18-17(3-1)21(14-5-8-16(9-6-14)29-12-23-27-28-29)25-26-22(18)24-15-7-10-19-20(11-15)31-13-30-19/h1-12H,13H2,(H,24,26). The van der Waals surface area contributed by atoms with Crippen LogP contribution in [-0.4, -0.2) is 37.2 Å². The van der Waals surface area contributed by atoms with E-state index >= 15 is 0 Å². The van der Waals surface area contributed by atoms with Crippen molar-refractivity contribution in [3.05, 3.63) is 73.1 Å². The summed E-state index contributed by atoms with van der Waals surface area (Å²) in [7, 11) is 0. The highest BCUT2D eigenvalue weighted by Gasteiger charge is 2.15. The van der Waals surface area contributed by atoms with Gasteiger partial charge in [-0.05, 0) is 34.7 Å². The Morgan fingerprint density at radius 3 is 2.52 bits per heavy atom. The van der Waals surface area contributed by atoms with Crippen LogP contribution in [0, 0.1) is 0 Å². The highest BCUT2D eigenvalue weighted by atomic mass is 16.7. The third kappa shape index (κ3) is 3.08. The smallest absolute Gasteiger partial charge is 0.231 e. The fraction of sp³-hybridized carbons (Fsp3) is 0.0455. The Kier molecular flexibility index (Phi) is 3.95. The molecule has 0 bridgehead atoms. The van der Waals surface area contributed by atoms with Gasteiger partial charge in [0, 0.05) is 28.1 Å². The predicted octanol–water partition coefficient (Wildman–Crippen LogP) is 3.74. The molecule has 0 atom stereocenters. The van der Waals surface area contributed by atoms with E-state index in [4.69, 9.17) is 9.47 Å². The number of tetrazole rings is 1. The number of ether oxygens (including phenoxy) is 2. The molecule has 6 rings (SSSR count). The average Bonchev–Trinajstić information content (AvgIpc) is 3.52. The molecule has 0 spiro atoms. The first-order chi connectivity index (χ1) is 15.3. The maximum Gasteiger partial charge on any atom is 0.231 e. The first kappa shape index (κ1) is 17.3. The van der Waals surface area contributed by atoms with E-state index in [9.17, 15) is 0 Å². The van der Waals surface area contributed by atoms with Crippen molar-refractivity contribution in [1.82, 2.24) is 30.4 Å². The van der Waals surface area contributed by atoms with Crippen molar-refractivity contribution in [2.75, 3.05) is 12.1 Å². The molecule has 0 aliphatic carbocycles. The number of rotatable bonds is 4. The summed E-state index contributed by atoms with van der Waals surface area (Å²) in [5, 5.41) is 25.6. The van der Waals surface area contributed by atoms with Gasteiger partial charge in [0.15, 0.2) is 17.3 Å². The lowest BCUT2D eigenvalue weighted by molar-refractivity contribution is 0.174. The highest BCUT2D eigenvalue weighted by Crippen LogP contribution is 2.36. The van der Waals surface area contributed by atoms with Gasteiger partial charge in [-0.3, -0.25) is 0 Å². The Labute approximate surface area is 176 Å². The minimum atomic E-state index is 0.239. The van der Waals surface area contributed by atoms with Crippen molar-refractivity contribution in [2.24, 2.45) is 0 Å². The van der Waals surface area contributed by atoms with Crippen LogP contribution in [0.15, 0.2) is 73.1 Å². The molecule has 5 aromatic rings. The highest BCUT2D eigenvalue weighted by molar-refractivity contribution is 6.00. The summed E-state index contributed by atoms with van der Waals surface area (Å²) in [5.74, 6) is 2.12. The minimum Gasteiger partial charge on any atom is -0.454 e. The normalized spacial score (nSPS) is 12.3. The molecule has 0 saturated carbocycles. The molecule has 1 aliphatic rings. The van der Waals surface area contributed by atoms with Crippen molar-refractivity contribution in [3.63, 3.8) is 0 Å². The van der Waals surface area contributed by atoms with Crippen LogP contribution in [0.1, 0.15) is 0 Å². The Bertz CT molecular complexity index is 1390. The lowest BCUT2D eigenvalue weighted by Gasteiger charge is -2.12. The molecule has 9 nitrogen and oxygen atoms in total. The number of fused-ring (bicyclic) bond motifs is 2. The fourth-order valence-electron chi connectivity index (χ4n) is 3.57. The van der Waals surface area contributed by atoms with Gasteiger partial charge >= 0.3 is 0 Å². The fourth-order valence-corrected chi connectivity index (χ4v) is 3.57. The van der Waals surface area contributed by atoms with Crippen LogP contribution in [0.3, 0.4) is 0 Å². The molecule has 0 radical (unpaired) electrons. The number of nitrogens with one attached hydrogen (secondary N) is 1. The number of benzene rings is 3. The quantitative estimate of drug-likeness (QED) is 0.479. The van der Waals surface area contributed by atoms with E-state index < -0.39 is 0 Å². The molecule has 2 aromatic heterocycles. The summed E-state index contributed by atoms with van der Waals surface area (Å²) in [5.41, 5.74) is 3.47. The topological polar surface area (TPSA) is 99.9 Å². The Balaban J connectivity index is 1.38. The second-order valence-corrected chi connectivity index (χ2v) is 6.94. The second kappa shape index (κ2) is 7.06.